The van der Waals surface area contributed by atoms with Crippen LogP contribution < -0.4 is 10.6 Å². The number of carbonyl (C=O) groups is 1. The molecule has 3 N–H and O–H groups in total. The highest BCUT2D eigenvalue weighted by Crippen LogP contribution is 2.33. The SMILES string of the molecule is O=C1CSc2cc(Cl)c(CN[C@H]3CCCC[C@@H]3O)nc2N1. The lowest BCUT2D eigenvalue weighted by molar-refractivity contribution is -0.113. The summed E-state index contributed by atoms with van der Waals surface area (Å²) >= 11 is 7.71. The first-order valence-corrected chi connectivity index (χ1v) is 8.53. The minimum absolute atomic E-state index is 0.0380. The molecule has 1 saturated carbocycles. The van der Waals surface area contributed by atoms with Crippen LogP contribution in [0.5, 0.6) is 0 Å². The predicted molar refractivity (Wildman–Crippen MR) is 83.7 cm³/mol. The molecule has 0 saturated heterocycles. The molecule has 114 valence electrons. The summed E-state index contributed by atoms with van der Waals surface area (Å²) in [6.45, 7) is 0.494. The Labute approximate surface area is 132 Å². The van der Waals surface area contributed by atoms with Crippen molar-refractivity contribution in [1.82, 2.24) is 10.3 Å². The van der Waals surface area contributed by atoms with Gasteiger partial charge >= 0.3 is 0 Å². The number of hydrogen-bond donors (Lipinski definition) is 3. The van der Waals surface area contributed by atoms with Crippen molar-refractivity contribution in [3.05, 3.63) is 16.8 Å². The highest BCUT2D eigenvalue weighted by molar-refractivity contribution is 8.00. The standard InChI is InChI=1S/C14H18ClN3O2S/c15-8-5-12-14(18-13(20)7-21-12)17-10(8)6-16-9-3-1-2-4-11(9)19/h5,9,11,16,19H,1-4,6-7H2,(H,17,18,20)/t9-,11-/m0/s1. The van der Waals surface area contributed by atoms with Gasteiger partial charge in [-0.2, -0.15) is 0 Å². The van der Waals surface area contributed by atoms with Crippen molar-refractivity contribution in [2.45, 2.75) is 49.3 Å². The van der Waals surface area contributed by atoms with Crippen molar-refractivity contribution in [3.63, 3.8) is 0 Å². The number of aliphatic hydroxyl groups is 1. The van der Waals surface area contributed by atoms with E-state index in [0.29, 0.717) is 28.8 Å². The summed E-state index contributed by atoms with van der Waals surface area (Å²) in [7, 11) is 0. The van der Waals surface area contributed by atoms with Crippen LogP contribution >= 0.6 is 23.4 Å². The molecule has 21 heavy (non-hydrogen) atoms. The van der Waals surface area contributed by atoms with Gasteiger partial charge in [0.15, 0.2) is 0 Å². The lowest BCUT2D eigenvalue weighted by Gasteiger charge is -2.28. The second-order valence-electron chi connectivity index (χ2n) is 5.44. The molecule has 0 spiro atoms. The van der Waals surface area contributed by atoms with E-state index in [1.807, 2.05) is 6.07 Å². The van der Waals surface area contributed by atoms with Crippen LogP contribution in [-0.2, 0) is 11.3 Å². The number of thioether (sulfide) groups is 1. The first-order valence-electron chi connectivity index (χ1n) is 7.17. The lowest BCUT2D eigenvalue weighted by Crippen LogP contribution is -2.41. The Hall–Kier alpha value is -0.820. The number of rotatable bonds is 3. The smallest absolute Gasteiger partial charge is 0.235 e. The maximum atomic E-state index is 11.4. The number of anilines is 1. The number of nitrogens with one attached hydrogen (secondary N) is 2. The van der Waals surface area contributed by atoms with Crippen molar-refractivity contribution in [1.29, 1.82) is 0 Å². The molecule has 2 atom stereocenters. The predicted octanol–water partition coefficient (Wildman–Crippen LogP) is 2.17. The van der Waals surface area contributed by atoms with Crippen LogP contribution in [0.15, 0.2) is 11.0 Å². The van der Waals surface area contributed by atoms with E-state index in [-0.39, 0.29) is 18.1 Å². The molecular formula is C14H18ClN3O2S. The summed E-state index contributed by atoms with van der Waals surface area (Å²) in [6.07, 6.45) is 3.73. The molecular weight excluding hydrogens is 310 g/mol. The summed E-state index contributed by atoms with van der Waals surface area (Å²) in [4.78, 5) is 16.8. The van der Waals surface area contributed by atoms with Crippen molar-refractivity contribution in [2.75, 3.05) is 11.1 Å². The fourth-order valence-electron chi connectivity index (χ4n) is 2.72. The Balaban J connectivity index is 1.70. The Kier molecular flexibility index (Phi) is 4.69. The third kappa shape index (κ3) is 3.51. The maximum absolute atomic E-state index is 11.4. The maximum Gasteiger partial charge on any atom is 0.235 e. The van der Waals surface area contributed by atoms with Crippen LogP contribution in [0.2, 0.25) is 5.02 Å². The van der Waals surface area contributed by atoms with Crippen molar-refractivity contribution >= 4 is 35.1 Å². The zero-order valence-electron chi connectivity index (χ0n) is 11.6. The van der Waals surface area contributed by atoms with E-state index in [4.69, 9.17) is 11.6 Å². The molecule has 0 bridgehead atoms. The van der Waals surface area contributed by atoms with Crippen LogP contribution in [0.1, 0.15) is 31.4 Å². The molecule has 2 heterocycles. The minimum atomic E-state index is -0.301. The number of aliphatic hydroxyl groups excluding tert-OH is 1. The number of fused-ring (bicyclic) bond motifs is 1. The Morgan fingerprint density at radius 1 is 1.48 bits per heavy atom. The molecule has 0 radical (unpaired) electrons. The Morgan fingerprint density at radius 2 is 2.29 bits per heavy atom. The number of nitrogens with zero attached hydrogens (tertiary/aromatic N) is 1. The number of carbonyl (C=O) groups excluding carboxylic acids is 1. The molecule has 3 rings (SSSR count). The van der Waals surface area contributed by atoms with Gasteiger partial charge in [0.1, 0.15) is 5.82 Å². The molecule has 0 unspecified atom stereocenters. The summed E-state index contributed by atoms with van der Waals surface area (Å²) in [6, 6.07) is 1.94. The zero-order chi connectivity index (χ0) is 14.8. The highest BCUT2D eigenvalue weighted by atomic mass is 35.5. The average molecular weight is 328 g/mol. The average Bonchev–Trinajstić information content (AvgIpc) is 2.47. The van der Waals surface area contributed by atoms with Gasteiger partial charge in [-0.15, -0.1) is 11.8 Å². The topological polar surface area (TPSA) is 74.2 Å². The zero-order valence-corrected chi connectivity index (χ0v) is 13.1. The van der Waals surface area contributed by atoms with Crippen LogP contribution in [-0.4, -0.2) is 33.9 Å². The van der Waals surface area contributed by atoms with Crippen molar-refractivity contribution in [3.8, 4) is 0 Å². The van der Waals surface area contributed by atoms with Gasteiger partial charge in [0.2, 0.25) is 5.91 Å². The second-order valence-corrected chi connectivity index (χ2v) is 6.86. The molecule has 1 aliphatic heterocycles. The van der Waals surface area contributed by atoms with E-state index in [1.165, 1.54) is 11.8 Å². The second kappa shape index (κ2) is 6.52. The van der Waals surface area contributed by atoms with Crippen LogP contribution in [0.25, 0.3) is 0 Å². The normalized spacial score (nSPS) is 25.3. The fraction of sp³-hybridized carbons (Fsp3) is 0.571. The van der Waals surface area contributed by atoms with Gasteiger partial charge < -0.3 is 15.7 Å². The van der Waals surface area contributed by atoms with E-state index in [2.05, 4.69) is 15.6 Å². The quantitative estimate of drug-likeness (QED) is 0.793. The summed E-state index contributed by atoms with van der Waals surface area (Å²) < 4.78 is 0. The number of halogens is 1. The monoisotopic (exact) mass is 327 g/mol. The van der Waals surface area contributed by atoms with Gasteiger partial charge in [0.25, 0.3) is 0 Å². The van der Waals surface area contributed by atoms with Crippen LogP contribution in [0.4, 0.5) is 5.82 Å². The number of hydrogen-bond acceptors (Lipinski definition) is 5. The van der Waals surface area contributed by atoms with E-state index in [1.54, 1.807) is 0 Å². The van der Waals surface area contributed by atoms with E-state index < -0.39 is 0 Å². The molecule has 1 amide bonds. The molecule has 0 aromatic carbocycles. The molecule has 1 aromatic rings. The van der Waals surface area contributed by atoms with Gasteiger partial charge in [-0.1, -0.05) is 24.4 Å². The van der Waals surface area contributed by atoms with E-state index in [0.717, 1.165) is 30.6 Å². The van der Waals surface area contributed by atoms with Crippen LogP contribution in [0.3, 0.4) is 0 Å². The third-order valence-electron chi connectivity index (χ3n) is 3.89. The largest absolute Gasteiger partial charge is 0.392 e. The number of aromatic nitrogens is 1. The molecule has 2 aliphatic rings. The van der Waals surface area contributed by atoms with Crippen molar-refractivity contribution < 1.29 is 9.90 Å². The summed E-state index contributed by atoms with van der Waals surface area (Å²) in [5.41, 5.74) is 0.705. The van der Waals surface area contributed by atoms with E-state index in [9.17, 15) is 9.90 Å². The molecule has 1 aromatic heterocycles. The van der Waals surface area contributed by atoms with Gasteiger partial charge in [0.05, 0.1) is 27.5 Å². The van der Waals surface area contributed by atoms with Crippen molar-refractivity contribution in [2.24, 2.45) is 0 Å². The third-order valence-corrected chi connectivity index (χ3v) is 5.25. The first kappa shape index (κ1) is 15.1. The molecule has 1 aliphatic carbocycles. The molecule has 1 fully saturated rings. The first-order chi connectivity index (χ1) is 10.1. The molecule has 5 nitrogen and oxygen atoms in total. The highest BCUT2D eigenvalue weighted by Gasteiger charge is 2.23. The fourth-order valence-corrected chi connectivity index (χ4v) is 3.80. The van der Waals surface area contributed by atoms with Gasteiger partial charge in [-0.05, 0) is 18.9 Å². The molecule has 7 heteroatoms. The summed E-state index contributed by atoms with van der Waals surface area (Å²) in [5.74, 6) is 0.947. The van der Waals surface area contributed by atoms with Crippen LogP contribution in [0, 0.1) is 0 Å². The Morgan fingerprint density at radius 3 is 3.10 bits per heavy atom. The summed E-state index contributed by atoms with van der Waals surface area (Å²) in [5, 5.41) is 16.7. The minimum Gasteiger partial charge on any atom is -0.392 e. The van der Waals surface area contributed by atoms with Gasteiger partial charge in [0, 0.05) is 12.6 Å². The number of pyridine rings is 1. The van der Waals surface area contributed by atoms with Gasteiger partial charge in [-0.25, -0.2) is 4.98 Å². The van der Waals surface area contributed by atoms with E-state index >= 15 is 0 Å². The lowest BCUT2D eigenvalue weighted by atomic mass is 9.92. The Bertz CT molecular complexity index is 555. The van der Waals surface area contributed by atoms with Gasteiger partial charge in [-0.3, -0.25) is 4.79 Å². The number of amides is 1.